The molecule has 0 saturated heterocycles. The predicted octanol–water partition coefficient (Wildman–Crippen LogP) is 3.42. The Morgan fingerprint density at radius 1 is 1.21 bits per heavy atom. The molecule has 0 unspecified atom stereocenters. The first kappa shape index (κ1) is 20.1. The summed E-state index contributed by atoms with van der Waals surface area (Å²) in [6.45, 7) is 3.81. The summed E-state index contributed by atoms with van der Waals surface area (Å²) in [4.78, 5) is 29.5. The topological polar surface area (TPSA) is 81.4 Å². The molecular formula is C21H22N2O4S. The molecule has 6 nitrogen and oxygen atoms in total. The maximum Gasteiger partial charge on any atom is 0.337 e. The fourth-order valence-corrected chi connectivity index (χ4v) is 3.96. The number of aliphatic hydroxyl groups is 1. The number of benzene rings is 2. The Hall–Kier alpha value is -2.64. The van der Waals surface area contributed by atoms with Crippen molar-refractivity contribution in [2.24, 2.45) is 0 Å². The van der Waals surface area contributed by atoms with Crippen molar-refractivity contribution < 1.29 is 14.6 Å². The van der Waals surface area contributed by atoms with Gasteiger partial charge in [-0.15, -0.1) is 0 Å². The minimum Gasteiger partial charge on any atom is -0.465 e. The van der Waals surface area contributed by atoms with Gasteiger partial charge in [0.1, 0.15) is 0 Å². The zero-order chi connectivity index (χ0) is 20.3. The normalized spacial score (nSPS) is 13.3. The van der Waals surface area contributed by atoms with Crippen LogP contribution in [0.3, 0.4) is 0 Å². The molecule has 1 aromatic heterocycles. The molecule has 0 bridgehead atoms. The molecule has 7 heteroatoms. The van der Waals surface area contributed by atoms with Gasteiger partial charge in [-0.05, 0) is 37.6 Å². The van der Waals surface area contributed by atoms with E-state index in [0.717, 1.165) is 5.56 Å². The highest BCUT2D eigenvalue weighted by Crippen LogP contribution is 2.33. The molecule has 0 aliphatic heterocycles. The highest BCUT2D eigenvalue weighted by atomic mass is 32.2. The largest absolute Gasteiger partial charge is 0.465 e. The van der Waals surface area contributed by atoms with Gasteiger partial charge in [0.15, 0.2) is 5.16 Å². The Morgan fingerprint density at radius 2 is 1.93 bits per heavy atom. The third-order valence-electron chi connectivity index (χ3n) is 4.34. The minimum absolute atomic E-state index is 0.0505. The molecule has 0 radical (unpaired) electrons. The predicted molar refractivity (Wildman–Crippen MR) is 110 cm³/mol. The maximum atomic E-state index is 13.0. The van der Waals surface area contributed by atoms with Crippen LogP contribution in [-0.4, -0.2) is 33.8 Å². The van der Waals surface area contributed by atoms with Crippen molar-refractivity contribution in [3.05, 3.63) is 70.0 Å². The Kier molecular flexibility index (Phi) is 6.16. The zero-order valence-corrected chi connectivity index (χ0v) is 16.8. The summed E-state index contributed by atoms with van der Waals surface area (Å²) < 4.78 is 6.25. The summed E-state index contributed by atoms with van der Waals surface area (Å²) in [7, 11) is 1.31. The van der Waals surface area contributed by atoms with Gasteiger partial charge in [0.25, 0.3) is 5.56 Å². The van der Waals surface area contributed by atoms with Crippen LogP contribution in [0.25, 0.3) is 10.9 Å². The van der Waals surface area contributed by atoms with Crippen LogP contribution in [0, 0.1) is 0 Å². The number of thioether (sulfide) groups is 1. The molecule has 2 aromatic carbocycles. The van der Waals surface area contributed by atoms with E-state index in [9.17, 15) is 14.7 Å². The van der Waals surface area contributed by atoms with Crippen molar-refractivity contribution in [1.29, 1.82) is 0 Å². The highest BCUT2D eigenvalue weighted by molar-refractivity contribution is 7.99. The van der Waals surface area contributed by atoms with Crippen LogP contribution in [0.1, 0.15) is 35.0 Å². The minimum atomic E-state index is -0.697. The summed E-state index contributed by atoms with van der Waals surface area (Å²) >= 11 is 1.44. The van der Waals surface area contributed by atoms with E-state index in [0.29, 0.717) is 21.6 Å². The van der Waals surface area contributed by atoms with E-state index in [-0.39, 0.29) is 17.4 Å². The number of aromatic nitrogens is 2. The second-order valence-corrected chi connectivity index (χ2v) is 7.86. The van der Waals surface area contributed by atoms with Crippen molar-refractivity contribution in [3.63, 3.8) is 0 Å². The van der Waals surface area contributed by atoms with Crippen molar-refractivity contribution >= 4 is 28.6 Å². The maximum absolute atomic E-state index is 13.0. The van der Waals surface area contributed by atoms with Gasteiger partial charge in [0.05, 0.1) is 36.2 Å². The Labute approximate surface area is 167 Å². The highest BCUT2D eigenvalue weighted by Gasteiger charge is 2.18. The van der Waals surface area contributed by atoms with E-state index in [1.54, 1.807) is 25.1 Å². The van der Waals surface area contributed by atoms with Crippen molar-refractivity contribution in [1.82, 2.24) is 9.55 Å². The van der Waals surface area contributed by atoms with E-state index in [2.05, 4.69) is 4.98 Å². The number of nitrogens with zero attached hydrogens (tertiary/aromatic N) is 2. The number of esters is 1. The molecule has 2 atom stereocenters. The first-order valence-corrected chi connectivity index (χ1v) is 9.81. The molecule has 1 heterocycles. The Balaban J connectivity index is 2.11. The molecule has 0 aliphatic carbocycles. The van der Waals surface area contributed by atoms with Crippen LogP contribution in [0.15, 0.2) is 58.5 Å². The number of fused-ring (bicyclic) bond motifs is 1. The number of hydrogen-bond acceptors (Lipinski definition) is 6. The molecule has 1 N–H and O–H groups in total. The van der Waals surface area contributed by atoms with E-state index < -0.39 is 12.1 Å². The quantitative estimate of drug-likeness (QED) is 0.389. The number of hydrogen-bond donors (Lipinski definition) is 1. The summed E-state index contributed by atoms with van der Waals surface area (Å²) in [6.07, 6.45) is -0.697. The number of ether oxygens (including phenoxy) is 1. The van der Waals surface area contributed by atoms with Crippen LogP contribution in [0.2, 0.25) is 0 Å². The molecule has 0 aliphatic rings. The lowest BCUT2D eigenvalue weighted by Gasteiger charge is -2.17. The fourth-order valence-electron chi connectivity index (χ4n) is 2.91. The lowest BCUT2D eigenvalue weighted by atomic mass is 10.1. The molecule has 3 aromatic rings. The number of methoxy groups -OCH3 is 1. The second-order valence-electron chi connectivity index (χ2n) is 6.55. The van der Waals surface area contributed by atoms with Gasteiger partial charge in [0.2, 0.25) is 0 Å². The van der Waals surface area contributed by atoms with Gasteiger partial charge >= 0.3 is 5.97 Å². The SMILES string of the molecule is COC(=O)c1ccc2c(=O)n(C[C@H](C)O)c(S[C@H](C)c3ccccc3)nc2c1. The first-order chi connectivity index (χ1) is 13.4. The standard InChI is InChI=1S/C21H22N2O4S/c1-13(24)12-23-19(25)17-10-9-16(20(26)27-3)11-18(17)22-21(23)28-14(2)15-7-5-4-6-8-15/h4-11,13-14,24H,12H2,1-3H3/t13-,14+/m0/s1. The first-order valence-electron chi connectivity index (χ1n) is 8.93. The number of carbonyl (C=O) groups excluding carboxylic acids is 1. The zero-order valence-electron chi connectivity index (χ0n) is 16.0. The van der Waals surface area contributed by atoms with E-state index in [4.69, 9.17) is 4.74 Å². The number of aliphatic hydroxyl groups excluding tert-OH is 1. The smallest absolute Gasteiger partial charge is 0.337 e. The average molecular weight is 398 g/mol. The molecule has 3 rings (SSSR count). The molecular weight excluding hydrogens is 376 g/mol. The Morgan fingerprint density at radius 3 is 2.57 bits per heavy atom. The van der Waals surface area contributed by atoms with Crippen LogP contribution in [-0.2, 0) is 11.3 Å². The van der Waals surface area contributed by atoms with E-state index in [1.807, 2.05) is 37.3 Å². The Bertz CT molecular complexity index is 1050. The summed E-state index contributed by atoms with van der Waals surface area (Å²) in [5.74, 6) is -0.483. The second kappa shape index (κ2) is 8.58. The van der Waals surface area contributed by atoms with Gasteiger partial charge in [-0.1, -0.05) is 42.1 Å². The number of rotatable bonds is 6. The van der Waals surface area contributed by atoms with Gasteiger partial charge in [-0.2, -0.15) is 0 Å². The molecule has 146 valence electrons. The lowest BCUT2D eigenvalue weighted by molar-refractivity contribution is 0.0601. The lowest BCUT2D eigenvalue weighted by Crippen LogP contribution is -2.28. The van der Waals surface area contributed by atoms with Crippen LogP contribution in [0.4, 0.5) is 0 Å². The van der Waals surface area contributed by atoms with Crippen molar-refractivity contribution in [3.8, 4) is 0 Å². The third kappa shape index (κ3) is 4.26. The van der Waals surface area contributed by atoms with Crippen LogP contribution in [0.5, 0.6) is 0 Å². The van der Waals surface area contributed by atoms with Crippen LogP contribution < -0.4 is 5.56 Å². The van der Waals surface area contributed by atoms with Crippen LogP contribution >= 0.6 is 11.8 Å². The van der Waals surface area contributed by atoms with Gasteiger partial charge in [0, 0.05) is 5.25 Å². The summed E-state index contributed by atoms with van der Waals surface area (Å²) in [6, 6.07) is 14.6. The molecule has 0 spiro atoms. The van der Waals surface area contributed by atoms with Crippen molar-refractivity contribution in [2.45, 2.75) is 36.9 Å². The molecule has 0 saturated carbocycles. The molecule has 0 fully saturated rings. The summed E-state index contributed by atoms with van der Waals surface area (Å²) in [5.41, 5.74) is 1.62. The van der Waals surface area contributed by atoms with Gasteiger partial charge in [-0.25, -0.2) is 9.78 Å². The van der Waals surface area contributed by atoms with E-state index >= 15 is 0 Å². The number of carbonyl (C=O) groups is 1. The van der Waals surface area contributed by atoms with Gasteiger partial charge < -0.3 is 9.84 Å². The third-order valence-corrected chi connectivity index (χ3v) is 5.49. The van der Waals surface area contributed by atoms with Gasteiger partial charge in [-0.3, -0.25) is 9.36 Å². The van der Waals surface area contributed by atoms with Crippen molar-refractivity contribution in [2.75, 3.05) is 7.11 Å². The molecule has 0 amide bonds. The summed E-state index contributed by atoms with van der Waals surface area (Å²) in [5, 5.41) is 10.8. The monoisotopic (exact) mass is 398 g/mol. The molecule has 28 heavy (non-hydrogen) atoms. The average Bonchev–Trinajstić information content (AvgIpc) is 2.70. The van der Waals surface area contributed by atoms with E-state index in [1.165, 1.54) is 23.4 Å². The fraction of sp³-hybridized carbons (Fsp3) is 0.286.